The van der Waals surface area contributed by atoms with Crippen molar-refractivity contribution < 1.29 is 36.6 Å². The van der Waals surface area contributed by atoms with Gasteiger partial charge in [-0.1, -0.05) is 48.0 Å². The molecule has 10 heteroatoms. The number of carboxylic acids is 1. The van der Waals surface area contributed by atoms with E-state index in [1.807, 2.05) is 0 Å². The van der Waals surface area contributed by atoms with Gasteiger partial charge in [0.15, 0.2) is 0 Å². The first-order chi connectivity index (χ1) is 12.9. The number of carbonyl (C=O) groups is 3. The molecule has 0 aliphatic heterocycles. The Morgan fingerprint density at radius 2 is 1.82 bits per heavy atom. The number of nitrogens with one attached hydrogen (secondary N) is 2. The molecular weight excluding hydrogens is 414 g/mol. The fraction of sp³-hybridized carbons (Fsp3) is 0.333. The summed E-state index contributed by atoms with van der Waals surface area (Å²) in [5.74, 6) is -2.62. The Labute approximate surface area is 173 Å². The maximum Gasteiger partial charge on any atom is 2.00 e. The van der Waals surface area contributed by atoms with Crippen molar-refractivity contribution in [1.29, 1.82) is 0 Å². The standard InChI is InChI=1S/C18H23N5O4.Cu/c1-11-13(21-10-20-11)8-14(22-16(24)9-19)17(25)23-15(18(26)27)7-12-5-3-2-4-6-12;/h2-6,10,14-15H,7-9,19H2,1H3,(H4,20,21,22,23,24,25,26,27);/q;+2/p-2. The Hall–Kier alpha value is -2.68. The molecular formula is C18H21CuN5O4. The predicted molar refractivity (Wildman–Crippen MR) is 94.1 cm³/mol. The normalized spacial score (nSPS) is 12.4. The zero-order valence-electron chi connectivity index (χ0n) is 15.1. The van der Waals surface area contributed by atoms with Crippen molar-refractivity contribution in [2.75, 3.05) is 6.54 Å². The first kappa shape index (κ1) is 23.4. The van der Waals surface area contributed by atoms with Crippen LogP contribution in [0.3, 0.4) is 0 Å². The van der Waals surface area contributed by atoms with Gasteiger partial charge in [0.05, 0.1) is 18.6 Å². The second-order valence-electron chi connectivity index (χ2n) is 6.00. The number of aromatic nitrogens is 2. The van der Waals surface area contributed by atoms with Crippen LogP contribution in [0.25, 0.3) is 0 Å². The summed E-state index contributed by atoms with van der Waals surface area (Å²) in [6.07, 6.45) is 1.47. The third-order valence-electron chi connectivity index (χ3n) is 4.00. The number of aryl methyl sites for hydroxylation is 1. The Morgan fingerprint density at radius 3 is 2.36 bits per heavy atom. The Bertz CT molecular complexity index is 796. The van der Waals surface area contributed by atoms with Gasteiger partial charge in [0, 0.05) is 0 Å². The zero-order chi connectivity index (χ0) is 19.8. The van der Waals surface area contributed by atoms with Crippen molar-refractivity contribution in [3.8, 4) is 0 Å². The van der Waals surface area contributed by atoms with Crippen LogP contribution in [-0.4, -0.2) is 41.4 Å². The number of hydrogen-bond acceptors (Lipinski definition) is 6. The van der Waals surface area contributed by atoms with Gasteiger partial charge >= 0.3 is 17.1 Å². The number of carboxylic acid groups (broad SMARTS) is 1. The van der Waals surface area contributed by atoms with Crippen molar-refractivity contribution in [3.05, 3.63) is 53.6 Å². The maximum atomic E-state index is 12.6. The largest absolute Gasteiger partial charge is 2.00 e. The van der Waals surface area contributed by atoms with E-state index in [2.05, 4.69) is 20.6 Å². The van der Waals surface area contributed by atoms with Crippen LogP contribution in [0.15, 0.2) is 36.7 Å². The number of nitrogens with two attached hydrogens (primary N) is 1. The molecule has 0 bridgehead atoms. The van der Waals surface area contributed by atoms with Crippen LogP contribution < -0.4 is 26.5 Å². The van der Waals surface area contributed by atoms with Crippen LogP contribution in [0.2, 0.25) is 0 Å². The van der Waals surface area contributed by atoms with Crippen LogP contribution in [0, 0.1) is 6.92 Å². The smallest absolute Gasteiger partial charge is 0.548 e. The first-order valence-electron chi connectivity index (χ1n) is 8.38. The molecule has 0 aliphatic carbocycles. The molecule has 28 heavy (non-hydrogen) atoms. The average molecular weight is 435 g/mol. The van der Waals surface area contributed by atoms with E-state index in [4.69, 9.17) is 5.73 Å². The predicted octanol–water partition coefficient (Wildman–Crippen LogP) is -2.19. The molecule has 0 spiro atoms. The molecule has 1 heterocycles. The average Bonchev–Trinajstić information content (AvgIpc) is 3.05. The first-order valence-corrected chi connectivity index (χ1v) is 8.38. The fourth-order valence-electron chi connectivity index (χ4n) is 2.52. The molecule has 2 atom stereocenters. The minimum Gasteiger partial charge on any atom is -0.548 e. The van der Waals surface area contributed by atoms with E-state index in [-0.39, 0.29) is 36.5 Å². The van der Waals surface area contributed by atoms with Crippen molar-refractivity contribution in [1.82, 2.24) is 20.6 Å². The minimum absolute atomic E-state index is 0. The van der Waals surface area contributed by atoms with E-state index in [0.717, 1.165) is 5.56 Å². The van der Waals surface area contributed by atoms with Crippen molar-refractivity contribution >= 4 is 17.8 Å². The number of carbonyl (C=O) groups excluding carboxylic acids is 3. The quantitative estimate of drug-likeness (QED) is 0.379. The Morgan fingerprint density at radius 1 is 1.14 bits per heavy atom. The SMILES string of the molecule is Cc1nc[n-]c1CC(NC(=O)CN)C(=O)NC(Cc1ccccc1)C(=O)[O-].[Cu+2]. The van der Waals surface area contributed by atoms with Gasteiger partial charge < -0.3 is 36.2 Å². The molecule has 2 unspecified atom stereocenters. The van der Waals surface area contributed by atoms with E-state index < -0.39 is 29.9 Å². The molecule has 0 aliphatic rings. The van der Waals surface area contributed by atoms with Gasteiger partial charge in [0.2, 0.25) is 11.8 Å². The monoisotopic (exact) mass is 434 g/mol. The van der Waals surface area contributed by atoms with Crippen molar-refractivity contribution in [2.24, 2.45) is 5.73 Å². The van der Waals surface area contributed by atoms with Crippen LogP contribution in [0.1, 0.15) is 17.0 Å². The van der Waals surface area contributed by atoms with E-state index in [1.54, 1.807) is 37.3 Å². The summed E-state index contributed by atoms with van der Waals surface area (Å²) >= 11 is 0. The summed E-state index contributed by atoms with van der Waals surface area (Å²) in [5.41, 5.74) is 7.18. The summed E-state index contributed by atoms with van der Waals surface area (Å²) in [7, 11) is 0. The van der Waals surface area contributed by atoms with Crippen molar-refractivity contribution in [2.45, 2.75) is 31.8 Å². The number of benzene rings is 1. The summed E-state index contributed by atoms with van der Waals surface area (Å²) in [6.45, 7) is 1.42. The number of rotatable bonds is 9. The maximum absolute atomic E-state index is 12.6. The van der Waals surface area contributed by atoms with Gasteiger partial charge in [-0.2, -0.15) is 0 Å². The van der Waals surface area contributed by atoms with E-state index >= 15 is 0 Å². The van der Waals surface area contributed by atoms with Crippen molar-refractivity contribution in [3.63, 3.8) is 0 Å². The molecule has 1 aromatic carbocycles. The third kappa shape index (κ3) is 6.80. The minimum atomic E-state index is -1.42. The summed E-state index contributed by atoms with van der Waals surface area (Å²) < 4.78 is 0. The summed E-state index contributed by atoms with van der Waals surface area (Å²) in [4.78, 5) is 43.8. The molecule has 2 rings (SSSR count). The molecule has 9 nitrogen and oxygen atoms in total. The summed E-state index contributed by atoms with van der Waals surface area (Å²) in [5, 5.41) is 16.4. The Kier molecular flexibility index (Phi) is 9.37. The number of amides is 2. The van der Waals surface area contributed by atoms with E-state index in [1.165, 1.54) is 6.33 Å². The van der Waals surface area contributed by atoms with Gasteiger partial charge in [-0.05, 0) is 25.3 Å². The molecule has 0 saturated heterocycles. The van der Waals surface area contributed by atoms with Gasteiger partial charge in [-0.15, -0.1) is 0 Å². The van der Waals surface area contributed by atoms with Crippen LogP contribution in [-0.2, 0) is 44.3 Å². The van der Waals surface area contributed by atoms with Gasteiger partial charge in [0.25, 0.3) is 0 Å². The molecule has 4 N–H and O–H groups in total. The van der Waals surface area contributed by atoms with Crippen LogP contribution >= 0.6 is 0 Å². The molecule has 0 fully saturated rings. The van der Waals surface area contributed by atoms with Crippen LogP contribution in [0.5, 0.6) is 0 Å². The molecule has 2 aromatic rings. The van der Waals surface area contributed by atoms with E-state index in [0.29, 0.717) is 11.4 Å². The fourth-order valence-corrected chi connectivity index (χ4v) is 2.52. The third-order valence-corrected chi connectivity index (χ3v) is 4.00. The van der Waals surface area contributed by atoms with Crippen LogP contribution in [0.4, 0.5) is 0 Å². The molecule has 0 saturated carbocycles. The topological polar surface area (TPSA) is 151 Å². The number of hydrogen-bond donors (Lipinski definition) is 3. The second-order valence-corrected chi connectivity index (χ2v) is 6.00. The molecule has 1 radical (unpaired) electrons. The molecule has 1 aromatic heterocycles. The van der Waals surface area contributed by atoms with E-state index in [9.17, 15) is 19.5 Å². The summed E-state index contributed by atoms with van der Waals surface area (Å²) in [6, 6.07) is 6.56. The number of nitrogens with zero attached hydrogens (tertiary/aromatic N) is 2. The number of aliphatic carboxylic acids is 1. The second kappa shape index (κ2) is 11.2. The zero-order valence-corrected chi connectivity index (χ0v) is 16.1. The van der Waals surface area contributed by atoms with Gasteiger partial charge in [-0.25, -0.2) is 0 Å². The molecule has 2 amide bonds. The molecule has 153 valence electrons. The van der Waals surface area contributed by atoms with Gasteiger partial charge in [-0.3, -0.25) is 9.59 Å². The van der Waals surface area contributed by atoms with Gasteiger partial charge in [0.1, 0.15) is 6.04 Å². The number of imidazole rings is 1. The Balaban J connectivity index is 0.00000392.